The van der Waals surface area contributed by atoms with Gasteiger partial charge in [0.1, 0.15) is 39.6 Å². The molecule has 624 valence electrons. The van der Waals surface area contributed by atoms with Gasteiger partial charge in [0.2, 0.25) is 0 Å². The maximum Gasteiger partial charge on any atom is 0.338 e. The fourth-order valence-electron chi connectivity index (χ4n) is 9.28. The summed E-state index contributed by atoms with van der Waals surface area (Å²) >= 11 is 0. The Hall–Kier alpha value is -7.76. The molecule has 26 nitrogen and oxygen atoms in total. The average molecular weight is 1560 g/mol. The van der Waals surface area contributed by atoms with Crippen molar-refractivity contribution in [2.75, 3.05) is 159 Å². The van der Waals surface area contributed by atoms with Crippen LogP contribution in [0.5, 0.6) is 0 Å². The number of carboxylic acid groups (broad SMARTS) is 2. The number of aromatic carboxylic acids is 1. The molecule has 4 rings (SSSR count). The summed E-state index contributed by atoms with van der Waals surface area (Å²) in [6.07, 6.45) is 15.2. The Labute approximate surface area is 654 Å². The molecular formula is C84H132O26. The standard InChI is InChI=1S/C22H42O6.C21H32O6.C20H22O6.C8H16O2.C7H6O2.C6H14O4/c1-5-9-11-19(7-3)21(23)27-17-15-25-13-14-26-16-18-28-22(24)20(8-4)12-10-6-2;1-3-5-9-18(4-2)20(22)26-16-14-24-12-13-25-15-17-27-21(23)19-10-7-6-8-11-19;21-19(17-7-3-1-4-8-17)25-15-13-23-11-12-24-14-16-26-20(22)18-9-5-2-6-10-18;1-3-5-6-7(4-2)8(9)10;8-7(9)6-4-2-1-3-5-6;7-1-3-9-5-6-10-4-2-8/h19-20H,5-18H2,1-4H3;6-8,10-11,18H,3-5,9,12-17H2,1-2H3;1-10H,11-16H2;7H,3-6H2,1-2H3,(H,9,10);1-5H,(H,8,9);7-8H,1-6H2. The van der Waals surface area contributed by atoms with Crippen LogP contribution in [0, 0.1) is 23.7 Å². The Kier molecular flexibility index (Phi) is 73.9. The van der Waals surface area contributed by atoms with E-state index in [4.69, 9.17) is 86.7 Å². The third-order valence-corrected chi connectivity index (χ3v) is 15.8. The van der Waals surface area contributed by atoms with Gasteiger partial charge in [-0.2, -0.15) is 0 Å². The van der Waals surface area contributed by atoms with E-state index < -0.39 is 11.9 Å². The Morgan fingerprint density at radius 1 is 0.264 bits per heavy atom. The number of rotatable bonds is 58. The minimum absolute atomic E-state index is 0.000252. The van der Waals surface area contributed by atoms with Crippen molar-refractivity contribution in [1.29, 1.82) is 0 Å². The number of carbonyl (C=O) groups is 8. The van der Waals surface area contributed by atoms with Crippen LogP contribution in [0.4, 0.5) is 0 Å². The molecule has 0 aliphatic rings. The zero-order valence-electron chi connectivity index (χ0n) is 66.9. The highest BCUT2D eigenvalue weighted by Gasteiger charge is 2.20. The summed E-state index contributed by atoms with van der Waals surface area (Å²) in [6, 6.07) is 34.7. The van der Waals surface area contributed by atoms with Crippen molar-refractivity contribution in [3.63, 3.8) is 0 Å². The number of benzene rings is 4. The maximum atomic E-state index is 11.9. The lowest BCUT2D eigenvalue weighted by Gasteiger charge is -2.14. The second kappa shape index (κ2) is 77.9. The number of ether oxygens (including phenoxy) is 14. The van der Waals surface area contributed by atoms with Gasteiger partial charge in [-0.1, -0.05) is 180 Å². The van der Waals surface area contributed by atoms with Crippen LogP contribution in [0.1, 0.15) is 200 Å². The monoisotopic (exact) mass is 1560 g/mol. The van der Waals surface area contributed by atoms with Crippen LogP contribution < -0.4 is 0 Å². The number of hydrogen-bond acceptors (Lipinski definition) is 24. The molecule has 4 aromatic rings. The predicted octanol–water partition coefficient (Wildman–Crippen LogP) is 13.6. The fraction of sp³-hybridized carbons (Fsp3) is 0.619. The zero-order valence-corrected chi connectivity index (χ0v) is 66.9. The van der Waals surface area contributed by atoms with E-state index in [0.29, 0.717) is 128 Å². The third kappa shape index (κ3) is 61.9. The van der Waals surface area contributed by atoms with Crippen LogP contribution >= 0.6 is 0 Å². The molecule has 0 heterocycles. The van der Waals surface area contributed by atoms with Crippen molar-refractivity contribution in [3.8, 4) is 0 Å². The van der Waals surface area contributed by atoms with Gasteiger partial charge < -0.3 is 86.7 Å². The number of carboxylic acids is 2. The molecule has 4 N–H and O–H groups in total. The molecule has 0 fully saturated rings. The van der Waals surface area contributed by atoms with Gasteiger partial charge in [-0.25, -0.2) is 19.2 Å². The molecule has 0 aromatic heterocycles. The molecular weight excluding hydrogens is 1420 g/mol. The van der Waals surface area contributed by atoms with Crippen molar-refractivity contribution >= 4 is 47.8 Å². The van der Waals surface area contributed by atoms with E-state index in [0.717, 1.165) is 103 Å². The molecule has 4 atom stereocenters. The van der Waals surface area contributed by atoms with Crippen molar-refractivity contribution in [3.05, 3.63) is 144 Å². The largest absolute Gasteiger partial charge is 0.481 e. The summed E-state index contributed by atoms with van der Waals surface area (Å²) in [4.78, 5) is 91.4. The highest BCUT2D eigenvalue weighted by molar-refractivity contribution is 5.90. The van der Waals surface area contributed by atoms with E-state index in [2.05, 4.69) is 27.7 Å². The molecule has 4 unspecified atom stereocenters. The molecule has 0 bridgehead atoms. The van der Waals surface area contributed by atoms with Crippen LogP contribution in [0.25, 0.3) is 0 Å². The van der Waals surface area contributed by atoms with Gasteiger partial charge in [-0.3, -0.25) is 19.2 Å². The first-order valence-electron chi connectivity index (χ1n) is 39.0. The topological polar surface area (TPSA) is 347 Å². The van der Waals surface area contributed by atoms with Gasteiger partial charge in [0, 0.05) is 0 Å². The zero-order chi connectivity index (χ0) is 81.6. The van der Waals surface area contributed by atoms with E-state index in [1.165, 1.54) is 0 Å². The van der Waals surface area contributed by atoms with Gasteiger partial charge in [0.25, 0.3) is 0 Å². The van der Waals surface area contributed by atoms with Gasteiger partial charge in [0.05, 0.1) is 165 Å². The first kappa shape index (κ1) is 104. The van der Waals surface area contributed by atoms with Crippen LogP contribution in [0.15, 0.2) is 121 Å². The molecule has 26 heteroatoms. The number of esters is 6. The van der Waals surface area contributed by atoms with Crippen molar-refractivity contribution in [1.82, 2.24) is 0 Å². The number of hydrogen-bond donors (Lipinski definition) is 4. The Morgan fingerprint density at radius 3 is 0.655 bits per heavy atom. The highest BCUT2D eigenvalue weighted by Crippen LogP contribution is 2.17. The number of aliphatic carboxylic acids is 1. The van der Waals surface area contributed by atoms with Crippen LogP contribution in [0.3, 0.4) is 0 Å². The summed E-state index contributed by atoms with van der Waals surface area (Å²) in [5, 5.41) is 33.5. The molecule has 0 saturated heterocycles. The summed E-state index contributed by atoms with van der Waals surface area (Å²) < 4.78 is 72.9. The fourth-order valence-corrected chi connectivity index (χ4v) is 9.28. The van der Waals surface area contributed by atoms with E-state index in [-0.39, 0.29) is 112 Å². The van der Waals surface area contributed by atoms with Crippen LogP contribution in [-0.2, 0) is 85.5 Å². The molecule has 0 spiro atoms. The molecule has 110 heavy (non-hydrogen) atoms. The average Bonchev–Trinajstić information content (AvgIpc) is 0.876. The smallest absolute Gasteiger partial charge is 0.338 e. The Morgan fingerprint density at radius 2 is 0.464 bits per heavy atom. The second-order valence-electron chi connectivity index (χ2n) is 24.4. The van der Waals surface area contributed by atoms with Gasteiger partial charge in [-0.05, 0) is 99.9 Å². The van der Waals surface area contributed by atoms with E-state index in [1.54, 1.807) is 103 Å². The van der Waals surface area contributed by atoms with Gasteiger partial charge in [-0.15, -0.1) is 0 Å². The van der Waals surface area contributed by atoms with Gasteiger partial charge in [0.15, 0.2) is 0 Å². The molecule has 0 aliphatic carbocycles. The van der Waals surface area contributed by atoms with E-state index >= 15 is 0 Å². The third-order valence-electron chi connectivity index (χ3n) is 15.8. The van der Waals surface area contributed by atoms with Gasteiger partial charge >= 0.3 is 47.8 Å². The lowest BCUT2D eigenvalue weighted by atomic mass is 10.00. The van der Waals surface area contributed by atoms with Crippen molar-refractivity contribution in [2.24, 2.45) is 23.7 Å². The Bertz CT molecular complexity index is 2700. The SMILES string of the molecule is CCCCC(CC)C(=O)O.CCCCC(CC)C(=O)OCCOCCOCCOC(=O)C(CC)CCCC.CCCCC(CC)C(=O)OCCOCCOCCOC(=O)c1ccccc1.O=C(O)c1ccccc1.O=C(OCCOCCOCCOC(=O)c1ccccc1)c1ccccc1.OCCOCCOCCO. The number of unbranched alkanes of at least 4 members (excludes halogenated alkanes) is 4. The normalized spacial score (nSPS) is 11.5. The summed E-state index contributed by atoms with van der Waals surface area (Å²) in [5.41, 5.74) is 1.88. The number of aliphatic hydroxyl groups excluding tert-OH is 2. The van der Waals surface area contributed by atoms with Crippen molar-refractivity contribution in [2.45, 2.75) is 158 Å². The van der Waals surface area contributed by atoms with E-state index in [1.807, 2.05) is 45.9 Å². The first-order chi connectivity index (χ1) is 53.5. The Balaban J connectivity index is 0. The molecule has 0 saturated carbocycles. The van der Waals surface area contributed by atoms with E-state index in [9.17, 15) is 38.4 Å². The number of carbonyl (C=O) groups excluding carboxylic acids is 6. The minimum atomic E-state index is -0.879. The lowest BCUT2D eigenvalue weighted by Crippen LogP contribution is -2.21. The second-order valence-corrected chi connectivity index (χ2v) is 24.4. The summed E-state index contributed by atoms with van der Waals surface area (Å²) in [7, 11) is 0. The molecule has 0 aliphatic heterocycles. The predicted molar refractivity (Wildman–Crippen MR) is 418 cm³/mol. The van der Waals surface area contributed by atoms with Crippen molar-refractivity contribution < 1.29 is 125 Å². The molecule has 4 aromatic carbocycles. The number of aliphatic hydroxyl groups is 2. The highest BCUT2D eigenvalue weighted by atomic mass is 16.6. The first-order valence-corrected chi connectivity index (χ1v) is 39.0. The molecule has 0 radical (unpaired) electrons. The summed E-state index contributed by atoms with van der Waals surface area (Å²) in [5.74, 6) is -3.12. The minimum Gasteiger partial charge on any atom is -0.481 e. The maximum absolute atomic E-state index is 11.9. The molecule has 0 amide bonds. The quantitative estimate of drug-likeness (QED) is 0.0181. The van der Waals surface area contributed by atoms with Crippen LogP contribution in [0.2, 0.25) is 0 Å². The van der Waals surface area contributed by atoms with Crippen LogP contribution in [-0.4, -0.2) is 227 Å². The summed E-state index contributed by atoms with van der Waals surface area (Å²) in [6.45, 7) is 23.8. The lowest BCUT2D eigenvalue weighted by molar-refractivity contribution is -0.152.